The van der Waals surface area contributed by atoms with Gasteiger partial charge in [-0.1, -0.05) is 29.8 Å². The zero-order valence-corrected chi connectivity index (χ0v) is 10.3. The summed E-state index contributed by atoms with van der Waals surface area (Å²) in [5.74, 6) is 1.82. The minimum absolute atomic E-state index is 0.670. The van der Waals surface area contributed by atoms with Crippen LogP contribution in [0, 0.1) is 17.3 Å². The molecule has 13 heavy (non-hydrogen) atoms. The summed E-state index contributed by atoms with van der Waals surface area (Å²) in [5.41, 5.74) is 0.670. The number of halogens is 1. The predicted octanol–water partition coefficient (Wildman–Crippen LogP) is 2.75. The van der Waals surface area contributed by atoms with Gasteiger partial charge in [-0.05, 0) is 30.1 Å². The molecule has 1 saturated carbocycles. The Morgan fingerprint density at radius 3 is 2.15 bits per heavy atom. The van der Waals surface area contributed by atoms with Crippen molar-refractivity contribution in [2.24, 2.45) is 17.3 Å². The molecule has 2 fully saturated rings. The van der Waals surface area contributed by atoms with Gasteiger partial charge >= 0.3 is 0 Å². The van der Waals surface area contributed by atoms with Gasteiger partial charge in [0.05, 0.1) is 0 Å². The fourth-order valence-electron chi connectivity index (χ4n) is 2.36. The van der Waals surface area contributed by atoms with Crippen LogP contribution < -0.4 is 0 Å². The summed E-state index contributed by atoms with van der Waals surface area (Å²) >= 11 is 3.64. The van der Waals surface area contributed by atoms with Gasteiger partial charge in [-0.15, -0.1) is 0 Å². The first kappa shape index (κ1) is 9.97. The second-order valence-corrected chi connectivity index (χ2v) is 5.84. The maximum Gasteiger partial charge on any atom is 0.0100 e. The van der Waals surface area contributed by atoms with E-state index < -0.39 is 0 Å². The quantitative estimate of drug-likeness (QED) is 0.692. The van der Waals surface area contributed by atoms with Crippen LogP contribution >= 0.6 is 15.9 Å². The van der Waals surface area contributed by atoms with Crippen molar-refractivity contribution >= 4 is 15.9 Å². The van der Waals surface area contributed by atoms with Crippen molar-refractivity contribution in [2.75, 3.05) is 25.0 Å². The maximum absolute atomic E-state index is 3.64. The van der Waals surface area contributed by atoms with Crippen molar-refractivity contribution in [1.29, 1.82) is 0 Å². The number of rotatable bonds is 3. The van der Waals surface area contributed by atoms with Crippen LogP contribution in [0.5, 0.6) is 0 Å². The van der Waals surface area contributed by atoms with Gasteiger partial charge in [-0.25, -0.2) is 0 Å². The van der Waals surface area contributed by atoms with Gasteiger partial charge in [0.2, 0.25) is 0 Å². The first-order valence-corrected chi connectivity index (χ1v) is 6.56. The molecule has 2 unspecified atom stereocenters. The van der Waals surface area contributed by atoms with Crippen molar-refractivity contribution in [3.05, 3.63) is 0 Å². The first-order valence-electron chi connectivity index (χ1n) is 5.43. The number of nitrogens with zero attached hydrogens (tertiary/aromatic N) is 1. The van der Waals surface area contributed by atoms with Crippen LogP contribution in [0.15, 0.2) is 0 Å². The van der Waals surface area contributed by atoms with Gasteiger partial charge in [0, 0.05) is 25.0 Å². The summed E-state index contributed by atoms with van der Waals surface area (Å²) in [5, 5.41) is 1.21. The summed E-state index contributed by atoms with van der Waals surface area (Å²) in [6.45, 7) is 8.77. The highest BCUT2D eigenvalue weighted by Gasteiger charge is 2.44. The minimum atomic E-state index is 0.670. The molecule has 76 valence electrons. The second-order valence-electron chi connectivity index (χ2n) is 5.28. The molecule has 2 atom stereocenters. The Kier molecular flexibility index (Phi) is 2.72. The van der Waals surface area contributed by atoms with E-state index in [1.165, 1.54) is 37.8 Å². The molecule has 2 aliphatic rings. The topological polar surface area (TPSA) is 3.24 Å². The normalized spacial score (nSPS) is 38.1. The number of hydrogen-bond acceptors (Lipinski definition) is 1. The molecule has 1 aliphatic carbocycles. The molecule has 0 aromatic carbocycles. The van der Waals surface area contributed by atoms with Crippen LogP contribution in [0.1, 0.15) is 26.7 Å². The molecule has 1 saturated heterocycles. The summed E-state index contributed by atoms with van der Waals surface area (Å²) in [4.78, 5) is 2.67. The molecule has 0 spiro atoms. The van der Waals surface area contributed by atoms with Gasteiger partial charge in [-0.3, -0.25) is 0 Å². The second kappa shape index (κ2) is 3.54. The van der Waals surface area contributed by atoms with E-state index in [0.29, 0.717) is 5.41 Å². The molecule has 0 N–H and O–H groups in total. The third-order valence-corrected chi connectivity index (χ3v) is 5.05. The molecular weight excluding hydrogens is 226 g/mol. The van der Waals surface area contributed by atoms with Gasteiger partial charge in [0.25, 0.3) is 0 Å². The number of alkyl halides is 1. The van der Waals surface area contributed by atoms with Crippen molar-refractivity contribution in [3.63, 3.8) is 0 Å². The average Bonchev–Trinajstić information content (AvgIpc) is 2.78. The molecule has 0 radical (unpaired) electrons. The Morgan fingerprint density at radius 2 is 1.77 bits per heavy atom. The van der Waals surface area contributed by atoms with E-state index in [0.717, 1.165) is 11.8 Å². The Bertz CT molecular complexity index is 179. The molecule has 0 aromatic heterocycles. The highest BCUT2D eigenvalue weighted by Crippen LogP contribution is 2.48. The summed E-state index contributed by atoms with van der Waals surface area (Å²) in [7, 11) is 0. The summed E-state index contributed by atoms with van der Waals surface area (Å²) in [6.07, 6.45) is 2.88. The van der Waals surface area contributed by atoms with Crippen LogP contribution in [0.3, 0.4) is 0 Å². The Morgan fingerprint density at radius 1 is 1.23 bits per heavy atom. The van der Waals surface area contributed by atoms with E-state index in [9.17, 15) is 0 Å². The third-order valence-electron chi connectivity index (χ3n) is 3.86. The summed E-state index contributed by atoms with van der Waals surface area (Å²) < 4.78 is 0. The standard InChI is InChI=1S/C11H20BrN/c1-9-5-13(6-10(9)2)8-11(7-12)3-4-11/h9-10H,3-8H2,1-2H3. The molecule has 2 heteroatoms. The SMILES string of the molecule is CC1CN(CC2(CBr)CC2)CC1C. The Balaban J connectivity index is 1.83. The lowest BCUT2D eigenvalue weighted by Crippen LogP contribution is -2.29. The van der Waals surface area contributed by atoms with Crippen LogP contribution in [0.25, 0.3) is 0 Å². The van der Waals surface area contributed by atoms with Crippen LogP contribution in [0.2, 0.25) is 0 Å². The molecule has 0 bridgehead atoms. The Labute approximate surface area is 90.0 Å². The van der Waals surface area contributed by atoms with E-state index in [2.05, 4.69) is 34.7 Å². The Hall–Kier alpha value is 0.440. The van der Waals surface area contributed by atoms with Crippen LogP contribution in [-0.4, -0.2) is 29.9 Å². The average molecular weight is 246 g/mol. The monoisotopic (exact) mass is 245 g/mol. The zero-order valence-electron chi connectivity index (χ0n) is 8.72. The van der Waals surface area contributed by atoms with Crippen molar-refractivity contribution in [2.45, 2.75) is 26.7 Å². The highest BCUT2D eigenvalue weighted by atomic mass is 79.9. The molecule has 1 nitrogen and oxygen atoms in total. The van der Waals surface area contributed by atoms with E-state index in [1.54, 1.807) is 0 Å². The van der Waals surface area contributed by atoms with Crippen molar-refractivity contribution in [1.82, 2.24) is 4.90 Å². The predicted molar refractivity (Wildman–Crippen MR) is 60.2 cm³/mol. The minimum Gasteiger partial charge on any atom is -0.302 e. The smallest absolute Gasteiger partial charge is 0.0100 e. The van der Waals surface area contributed by atoms with Crippen LogP contribution in [0.4, 0.5) is 0 Å². The molecule has 2 rings (SSSR count). The van der Waals surface area contributed by atoms with Crippen molar-refractivity contribution < 1.29 is 0 Å². The zero-order chi connectivity index (χ0) is 9.47. The first-order chi connectivity index (χ1) is 6.15. The van der Waals surface area contributed by atoms with Gasteiger partial charge in [0.15, 0.2) is 0 Å². The van der Waals surface area contributed by atoms with E-state index in [1.807, 2.05) is 0 Å². The summed E-state index contributed by atoms with van der Waals surface area (Å²) in [6, 6.07) is 0. The largest absolute Gasteiger partial charge is 0.302 e. The van der Waals surface area contributed by atoms with Gasteiger partial charge < -0.3 is 4.90 Å². The fourth-order valence-corrected chi connectivity index (χ4v) is 3.10. The number of hydrogen-bond donors (Lipinski definition) is 0. The van der Waals surface area contributed by atoms with Crippen molar-refractivity contribution in [3.8, 4) is 0 Å². The fraction of sp³-hybridized carbons (Fsp3) is 1.00. The lowest BCUT2D eigenvalue weighted by atomic mass is 10.0. The van der Waals surface area contributed by atoms with Gasteiger partial charge in [-0.2, -0.15) is 0 Å². The van der Waals surface area contributed by atoms with Crippen LogP contribution in [-0.2, 0) is 0 Å². The molecular formula is C11H20BrN. The molecule has 1 heterocycles. The maximum atomic E-state index is 3.64. The molecule has 0 aromatic rings. The highest BCUT2D eigenvalue weighted by molar-refractivity contribution is 9.09. The van der Waals surface area contributed by atoms with E-state index >= 15 is 0 Å². The molecule has 1 aliphatic heterocycles. The van der Waals surface area contributed by atoms with E-state index in [-0.39, 0.29) is 0 Å². The van der Waals surface area contributed by atoms with Gasteiger partial charge in [0.1, 0.15) is 0 Å². The lowest BCUT2D eigenvalue weighted by molar-refractivity contribution is 0.269. The number of likely N-dealkylation sites (tertiary alicyclic amines) is 1. The molecule has 0 amide bonds. The lowest BCUT2D eigenvalue weighted by Gasteiger charge is -2.21. The van der Waals surface area contributed by atoms with E-state index in [4.69, 9.17) is 0 Å². The third kappa shape index (κ3) is 2.10.